The third kappa shape index (κ3) is 4.48. The third-order valence-corrected chi connectivity index (χ3v) is 4.90. The molecule has 6 heteroatoms. The van der Waals surface area contributed by atoms with Crippen molar-refractivity contribution in [3.8, 4) is 11.5 Å². The summed E-state index contributed by atoms with van der Waals surface area (Å²) in [5.74, 6) is 0.943. The molecule has 0 bridgehead atoms. The van der Waals surface area contributed by atoms with Crippen LogP contribution in [0.15, 0.2) is 42.5 Å². The Morgan fingerprint density at radius 2 is 1.81 bits per heavy atom. The first-order valence-electron chi connectivity index (χ1n) is 9.23. The summed E-state index contributed by atoms with van der Waals surface area (Å²) in [5.41, 5.74) is 1.71. The first-order chi connectivity index (χ1) is 13.1. The van der Waals surface area contributed by atoms with Gasteiger partial charge in [0, 0.05) is 37.4 Å². The molecule has 0 N–H and O–H groups in total. The van der Waals surface area contributed by atoms with Gasteiger partial charge in [-0.25, -0.2) is 0 Å². The van der Waals surface area contributed by atoms with E-state index in [9.17, 15) is 4.79 Å². The summed E-state index contributed by atoms with van der Waals surface area (Å²) in [6, 6.07) is 13.6. The second-order valence-corrected chi connectivity index (χ2v) is 6.86. The number of ether oxygens (including phenoxy) is 2. The van der Waals surface area contributed by atoms with Crippen molar-refractivity contribution in [1.82, 2.24) is 4.90 Å². The van der Waals surface area contributed by atoms with E-state index in [-0.39, 0.29) is 5.91 Å². The normalized spacial score (nSPS) is 14.2. The highest BCUT2D eigenvalue weighted by Crippen LogP contribution is 2.37. The van der Waals surface area contributed by atoms with E-state index in [0.717, 1.165) is 19.5 Å². The van der Waals surface area contributed by atoms with E-state index in [1.54, 1.807) is 19.2 Å². The highest BCUT2D eigenvalue weighted by Gasteiger charge is 2.24. The van der Waals surface area contributed by atoms with Gasteiger partial charge >= 0.3 is 0 Å². The lowest BCUT2D eigenvalue weighted by Crippen LogP contribution is -2.48. The summed E-state index contributed by atoms with van der Waals surface area (Å²) >= 11 is 6.35. The maximum atomic E-state index is 12.9. The van der Waals surface area contributed by atoms with Crippen molar-refractivity contribution >= 4 is 23.2 Å². The van der Waals surface area contributed by atoms with Crippen LogP contribution in [-0.4, -0.2) is 50.7 Å². The second-order valence-electron chi connectivity index (χ2n) is 6.45. The highest BCUT2D eigenvalue weighted by molar-refractivity contribution is 6.32. The molecule has 1 aliphatic heterocycles. The number of nitrogens with zero attached hydrogens (tertiary/aromatic N) is 2. The minimum atomic E-state index is -0.0371. The van der Waals surface area contributed by atoms with Gasteiger partial charge in [-0.2, -0.15) is 0 Å². The molecule has 0 atom stereocenters. The van der Waals surface area contributed by atoms with Crippen LogP contribution in [0.5, 0.6) is 11.5 Å². The van der Waals surface area contributed by atoms with E-state index in [0.29, 0.717) is 41.8 Å². The van der Waals surface area contributed by atoms with Crippen LogP contribution in [0, 0.1) is 0 Å². The van der Waals surface area contributed by atoms with Gasteiger partial charge in [-0.3, -0.25) is 4.79 Å². The summed E-state index contributed by atoms with van der Waals surface area (Å²) in [6.07, 6.45) is 0.867. The fourth-order valence-corrected chi connectivity index (χ4v) is 3.44. The lowest BCUT2D eigenvalue weighted by molar-refractivity contribution is 0.0746. The Morgan fingerprint density at radius 3 is 2.44 bits per heavy atom. The summed E-state index contributed by atoms with van der Waals surface area (Å²) < 4.78 is 11.1. The van der Waals surface area contributed by atoms with Crippen molar-refractivity contribution in [3.63, 3.8) is 0 Å². The molecule has 1 saturated heterocycles. The van der Waals surface area contributed by atoms with Gasteiger partial charge < -0.3 is 19.3 Å². The van der Waals surface area contributed by atoms with Gasteiger partial charge in [-0.05, 0) is 30.7 Å². The van der Waals surface area contributed by atoms with Crippen molar-refractivity contribution in [3.05, 3.63) is 53.1 Å². The van der Waals surface area contributed by atoms with Crippen molar-refractivity contribution < 1.29 is 14.3 Å². The van der Waals surface area contributed by atoms with Crippen LogP contribution in [0.3, 0.4) is 0 Å². The summed E-state index contributed by atoms with van der Waals surface area (Å²) in [4.78, 5) is 17.1. The fourth-order valence-electron chi connectivity index (χ4n) is 3.18. The predicted molar refractivity (Wildman–Crippen MR) is 108 cm³/mol. The fraction of sp³-hybridized carbons (Fsp3) is 0.381. The third-order valence-electron chi connectivity index (χ3n) is 4.62. The standard InChI is InChI=1S/C21H25ClN2O3/c1-3-13-27-20-18(22)14-16(15-19(20)26-2)21(25)24-11-9-23(10-12-24)17-7-5-4-6-8-17/h4-8,14-15H,3,9-13H2,1-2H3. The zero-order valence-corrected chi connectivity index (χ0v) is 16.5. The maximum absolute atomic E-state index is 12.9. The Hall–Kier alpha value is -2.40. The Labute approximate surface area is 165 Å². The number of rotatable bonds is 6. The molecule has 1 heterocycles. The quantitative estimate of drug-likeness (QED) is 0.747. The molecule has 0 aliphatic carbocycles. The number of anilines is 1. The number of hydrogen-bond donors (Lipinski definition) is 0. The van der Waals surface area contributed by atoms with E-state index in [2.05, 4.69) is 17.0 Å². The number of para-hydroxylation sites is 1. The van der Waals surface area contributed by atoms with Gasteiger partial charge in [0.05, 0.1) is 18.7 Å². The summed E-state index contributed by atoms with van der Waals surface area (Å²) in [5, 5.41) is 0.397. The monoisotopic (exact) mass is 388 g/mol. The van der Waals surface area contributed by atoms with Crippen molar-refractivity contribution in [2.24, 2.45) is 0 Å². The smallest absolute Gasteiger partial charge is 0.254 e. The van der Waals surface area contributed by atoms with Crippen molar-refractivity contribution in [2.75, 3.05) is 44.8 Å². The number of hydrogen-bond acceptors (Lipinski definition) is 4. The Balaban J connectivity index is 1.70. The van der Waals surface area contributed by atoms with E-state index < -0.39 is 0 Å². The Kier molecular flexibility index (Phi) is 6.45. The molecule has 27 heavy (non-hydrogen) atoms. The largest absolute Gasteiger partial charge is 0.493 e. The van der Waals surface area contributed by atoms with Crippen molar-refractivity contribution in [2.45, 2.75) is 13.3 Å². The van der Waals surface area contributed by atoms with Crippen LogP contribution >= 0.6 is 11.6 Å². The van der Waals surface area contributed by atoms with Gasteiger partial charge in [0.15, 0.2) is 11.5 Å². The minimum Gasteiger partial charge on any atom is -0.493 e. The number of carbonyl (C=O) groups excluding carboxylic acids is 1. The van der Waals surface area contributed by atoms with E-state index in [1.165, 1.54) is 5.69 Å². The lowest BCUT2D eigenvalue weighted by Gasteiger charge is -2.36. The molecule has 0 spiro atoms. The zero-order chi connectivity index (χ0) is 19.2. The molecular formula is C21H25ClN2O3. The molecule has 144 valence electrons. The number of piperazine rings is 1. The summed E-state index contributed by atoms with van der Waals surface area (Å²) in [7, 11) is 1.55. The van der Waals surface area contributed by atoms with E-state index in [4.69, 9.17) is 21.1 Å². The molecule has 1 fully saturated rings. The van der Waals surface area contributed by atoms with Gasteiger partial charge in [0.25, 0.3) is 5.91 Å². The molecule has 0 unspecified atom stereocenters. The Bertz CT molecular complexity index is 774. The number of carbonyl (C=O) groups is 1. The van der Waals surface area contributed by atoms with E-state index in [1.807, 2.05) is 30.0 Å². The lowest BCUT2D eigenvalue weighted by atomic mass is 10.1. The van der Waals surface area contributed by atoms with Crippen LogP contribution in [0.2, 0.25) is 5.02 Å². The van der Waals surface area contributed by atoms with Crippen LogP contribution < -0.4 is 14.4 Å². The van der Waals surface area contributed by atoms with E-state index >= 15 is 0 Å². The molecule has 2 aromatic rings. The predicted octanol–water partition coefficient (Wildman–Crippen LogP) is 4.10. The molecule has 5 nitrogen and oxygen atoms in total. The highest BCUT2D eigenvalue weighted by atomic mass is 35.5. The molecule has 1 aliphatic rings. The first kappa shape index (κ1) is 19.4. The van der Waals surface area contributed by atoms with Gasteiger partial charge in [-0.15, -0.1) is 0 Å². The zero-order valence-electron chi connectivity index (χ0n) is 15.8. The number of methoxy groups -OCH3 is 1. The maximum Gasteiger partial charge on any atom is 0.254 e. The van der Waals surface area contributed by atoms with Crippen LogP contribution in [0.1, 0.15) is 23.7 Å². The molecule has 3 rings (SSSR count). The average molecular weight is 389 g/mol. The number of amides is 1. The topological polar surface area (TPSA) is 42.0 Å². The van der Waals surface area contributed by atoms with Gasteiger partial charge in [0.2, 0.25) is 0 Å². The van der Waals surface area contributed by atoms with Gasteiger partial charge in [-0.1, -0.05) is 36.7 Å². The average Bonchev–Trinajstić information content (AvgIpc) is 2.72. The second kappa shape index (κ2) is 9.00. The van der Waals surface area contributed by atoms with Crippen LogP contribution in [-0.2, 0) is 0 Å². The molecule has 1 amide bonds. The first-order valence-corrected chi connectivity index (χ1v) is 9.61. The molecule has 0 radical (unpaired) electrons. The SMILES string of the molecule is CCCOc1c(Cl)cc(C(=O)N2CCN(c3ccccc3)CC2)cc1OC. The van der Waals surface area contributed by atoms with Crippen molar-refractivity contribution in [1.29, 1.82) is 0 Å². The number of halogens is 1. The number of benzene rings is 2. The molecule has 0 aromatic heterocycles. The Morgan fingerprint density at radius 1 is 1.11 bits per heavy atom. The minimum absolute atomic E-state index is 0.0371. The summed E-state index contributed by atoms with van der Waals surface area (Å²) in [6.45, 7) is 5.51. The molecular weight excluding hydrogens is 364 g/mol. The molecule has 0 saturated carbocycles. The van der Waals surface area contributed by atoms with Gasteiger partial charge in [0.1, 0.15) is 0 Å². The van der Waals surface area contributed by atoms with Crippen LogP contribution in [0.25, 0.3) is 0 Å². The van der Waals surface area contributed by atoms with Crippen LogP contribution in [0.4, 0.5) is 5.69 Å². The molecule has 2 aromatic carbocycles.